The normalized spacial score (nSPS) is 14.7. The minimum absolute atomic E-state index is 0.0174. The molecule has 0 aliphatic carbocycles. The van der Waals surface area contributed by atoms with Crippen molar-refractivity contribution in [1.82, 2.24) is 5.32 Å². The van der Waals surface area contributed by atoms with Crippen LogP contribution in [0.4, 0.5) is 8.78 Å². The van der Waals surface area contributed by atoms with Gasteiger partial charge < -0.3 is 16.8 Å². The molecule has 6 nitrogen and oxygen atoms in total. The molecule has 1 rings (SSSR count). The molecule has 0 aliphatic rings. The van der Waals surface area contributed by atoms with Gasteiger partial charge in [0.2, 0.25) is 11.8 Å². The van der Waals surface area contributed by atoms with Crippen LogP contribution in [-0.2, 0) is 20.8 Å². The predicted molar refractivity (Wildman–Crippen MR) is 79.1 cm³/mol. The smallest absolute Gasteiger partial charge is 0.245 e. The standard InChI is InChI=1S/C15H19F2N3O3/c1-3-15(19,14(18)23)13(22)8(2)20-12(21)6-9-4-10(16)7-11(17)5-9/h4-5,7-8H,3,6,19H2,1-2H3,(H2,18,23)(H,20,21)/t8-,15-/m0/s1. The van der Waals surface area contributed by atoms with Crippen LogP contribution in [0.3, 0.4) is 0 Å². The van der Waals surface area contributed by atoms with Crippen molar-refractivity contribution in [3.05, 3.63) is 35.4 Å². The molecule has 2 atom stereocenters. The van der Waals surface area contributed by atoms with Gasteiger partial charge in [-0.2, -0.15) is 0 Å². The third-order valence-corrected chi connectivity index (χ3v) is 3.49. The van der Waals surface area contributed by atoms with Crippen molar-refractivity contribution in [2.75, 3.05) is 0 Å². The highest BCUT2D eigenvalue weighted by Gasteiger charge is 2.41. The maximum atomic E-state index is 13.1. The Morgan fingerprint density at radius 2 is 1.74 bits per heavy atom. The zero-order chi connectivity index (χ0) is 17.8. The number of nitrogens with two attached hydrogens (primary N) is 2. The molecule has 23 heavy (non-hydrogen) atoms. The predicted octanol–water partition coefficient (Wildman–Crippen LogP) is 0.174. The second-order valence-electron chi connectivity index (χ2n) is 5.30. The molecule has 0 unspecified atom stereocenters. The molecule has 1 aromatic rings. The molecular weight excluding hydrogens is 308 g/mol. The van der Waals surface area contributed by atoms with E-state index >= 15 is 0 Å². The SMILES string of the molecule is CC[C@@](N)(C(N)=O)C(=O)[C@H](C)NC(=O)Cc1cc(F)cc(F)c1. The van der Waals surface area contributed by atoms with Crippen LogP contribution in [0.5, 0.6) is 0 Å². The molecule has 1 aromatic carbocycles. The number of hydrogen-bond donors (Lipinski definition) is 3. The Kier molecular flexibility index (Phi) is 5.91. The number of carbonyl (C=O) groups is 3. The van der Waals surface area contributed by atoms with Crippen LogP contribution in [0, 0.1) is 11.6 Å². The van der Waals surface area contributed by atoms with Gasteiger partial charge in [0.25, 0.3) is 0 Å². The van der Waals surface area contributed by atoms with Gasteiger partial charge in [-0.05, 0) is 31.0 Å². The first-order valence-electron chi connectivity index (χ1n) is 6.97. The Morgan fingerprint density at radius 1 is 1.22 bits per heavy atom. The van der Waals surface area contributed by atoms with Crippen LogP contribution in [0.2, 0.25) is 0 Å². The maximum absolute atomic E-state index is 13.1. The van der Waals surface area contributed by atoms with Crippen LogP contribution in [0.1, 0.15) is 25.8 Å². The van der Waals surface area contributed by atoms with Crippen LogP contribution < -0.4 is 16.8 Å². The number of hydrogen-bond acceptors (Lipinski definition) is 4. The number of nitrogens with one attached hydrogen (secondary N) is 1. The van der Waals surface area contributed by atoms with Gasteiger partial charge in [0.1, 0.15) is 11.6 Å². The summed E-state index contributed by atoms with van der Waals surface area (Å²) in [6.45, 7) is 2.87. The number of Topliss-reactive ketones (excluding diaryl/α,β-unsaturated/α-hetero) is 1. The van der Waals surface area contributed by atoms with E-state index in [1.54, 1.807) is 0 Å². The Hall–Kier alpha value is -2.35. The highest BCUT2D eigenvalue weighted by Crippen LogP contribution is 2.11. The average Bonchev–Trinajstić information content (AvgIpc) is 2.43. The lowest BCUT2D eigenvalue weighted by Gasteiger charge is -2.26. The average molecular weight is 327 g/mol. The van der Waals surface area contributed by atoms with Crippen LogP contribution >= 0.6 is 0 Å². The van der Waals surface area contributed by atoms with Gasteiger partial charge in [0, 0.05) is 6.07 Å². The quantitative estimate of drug-likeness (QED) is 0.619. The van der Waals surface area contributed by atoms with Crippen molar-refractivity contribution in [2.24, 2.45) is 11.5 Å². The number of carbonyl (C=O) groups excluding carboxylic acids is 3. The van der Waals surface area contributed by atoms with Crippen molar-refractivity contribution >= 4 is 17.6 Å². The van der Waals surface area contributed by atoms with Gasteiger partial charge in [-0.3, -0.25) is 14.4 Å². The van der Waals surface area contributed by atoms with Gasteiger partial charge in [0.15, 0.2) is 11.3 Å². The third kappa shape index (κ3) is 4.56. The summed E-state index contributed by atoms with van der Waals surface area (Å²) >= 11 is 0. The summed E-state index contributed by atoms with van der Waals surface area (Å²) in [5, 5.41) is 2.34. The molecule has 0 aliphatic heterocycles. The molecule has 0 spiro atoms. The van der Waals surface area contributed by atoms with Crippen LogP contribution in [-0.4, -0.2) is 29.2 Å². The molecule has 0 saturated heterocycles. The van der Waals surface area contributed by atoms with Gasteiger partial charge in [-0.25, -0.2) is 8.78 Å². The summed E-state index contributed by atoms with van der Waals surface area (Å²) < 4.78 is 26.1. The first-order valence-corrected chi connectivity index (χ1v) is 6.97. The maximum Gasteiger partial charge on any atom is 0.245 e. The van der Waals surface area contributed by atoms with Crippen molar-refractivity contribution in [3.8, 4) is 0 Å². The number of ketones is 1. The number of amides is 2. The highest BCUT2D eigenvalue weighted by molar-refractivity contribution is 6.12. The molecule has 0 radical (unpaired) electrons. The zero-order valence-corrected chi connectivity index (χ0v) is 12.9. The molecule has 126 valence electrons. The van der Waals surface area contributed by atoms with Crippen LogP contribution in [0.25, 0.3) is 0 Å². The second kappa shape index (κ2) is 7.28. The Bertz CT molecular complexity index is 616. The number of halogens is 2. The fraction of sp³-hybridized carbons (Fsp3) is 0.400. The van der Waals surface area contributed by atoms with Crippen molar-refractivity contribution in [3.63, 3.8) is 0 Å². The highest BCUT2D eigenvalue weighted by atomic mass is 19.1. The molecule has 0 heterocycles. The number of rotatable bonds is 7. The fourth-order valence-corrected chi connectivity index (χ4v) is 2.11. The van der Waals surface area contributed by atoms with E-state index in [-0.39, 0.29) is 18.4 Å². The minimum Gasteiger partial charge on any atom is -0.368 e. The summed E-state index contributed by atoms with van der Waals surface area (Å²) in [6, 6.07) is 1.64. The van der Waals surface area contributed by atoms with E-state index in [4.69, 9.17) is 11.5 Å². The van der Waals surface area contributed by atoms with Crippen LogP contribution in [0.15, 0.2) is 18.2 Å². The molecule has 0 saturated carbocycles. The second-order valence-corrected chi connectivity index (χ2v) is 5.30. The first kappa shape index (κ1) is 18.7. The molecule has 0 bridgehead atoms. The van der Waals surface area contributed by atoms with E-state index in [1.165, 1.54) is 13.8 Å². The zero-order valence-electron chi connectivity index (χ0n) is 12.9. The lowest BCUT2D eigenvalue weighted by molar-refractivity contribution is -0.137. The topological polar surface area (TPSA) is 115 Å². The Morgan fingerprint density at radius 3 is 2.17 bits per heavy atom. The van der Waals surface area contributed by atoms with E-state index < -0.39 is 40.8 Å². The molecule has 5 N–H and O–H groups in total. The first-order chi connectivity index (χ1) is 10.6. The monoisotopic (exact) mass is 327 g/mol. The van der Waals surface area contributed by atoms with Crippen molar-refractivity contribution in [1.29, 1.82) is 0 Å². The van der Waals surface area contributed by atoms with E-state index in [0.29, 0.717) is 6.07 Å². The summed E-state index contributed by atoms with van der Waals surface area (Å²) in [4.78, 5) is 35.4. The lowest BCUT2D eigenvalue weighted by atomic mass is 9.87. The number of benzene rings is 1. The molecule has 8 heteroatoms. The summed E-state index contributed by atoms with van der Waals surface area (Å²) in [6.07, 6.45) is -0.344. The number of primary amides is 1. The van der Waals surface area contributed by atoms with E-state index in [9.17, 15) is 23.2 Å². The minimum atomic E-state index is -1.88. The van der Waals surface area contributed by atoms with E-state index in [0.717, 1.165) is 12.1 Å². The molecular formula is C15H19F2N3O3. The summed E-state index contributed by atoms with van der Waals surface area (Å²) in [5.74, 6) is -3.97. The van der Waals surface area contributed by atoms with Gasteiger partial charge in [-0.1, -0.05) is 6.92 Å². The lowest BCUT2D eigenvalue weighted by Crippen LogP contribution is -2.62. The third-order valence-electron chi connectivity index (χ3n) is 3.49. The Balaban J connectivity index is 2.76. The van der Waals surface area contributed by atoms with Gasteiger partial charge in [0.05, 0.1) is 12.5 Å². The molecule has 0 aromatic heterocycles. The van der Waals surface area contributed by atoms with Crippen molar-refractivity contribution < 1.29 is 23.2 Å². The summed E-state index contributed by atoms with van der Waals surface area (Å²) in [5.41, 5.74) is 9.04. The van der Waals surface area contributed by atoms with E-state index in [2.05, 4.69) is 5.32 Å². The fourth-order valence-electron chi connectivity index (χ4n) is 2.11. The Labute approximate surface area is 132 Å². The molecule has 0 fully saturated rings. The van der Waals surface area contributed by atoms with Gasteiger partial charge >= 0.3 is 0 Å². The summed E-state index contributed by atoms with van der Waals surface area (Å²) in [7, 11) is 0. The van der Waals surface area contributed by atoms with Crippen molar-refractivity contribution in [2.45, 2.75) is 38.3 Å². The largest absolute Gasteiger partial charge is 0.368 e. The molecule has 2 amide bonds. The van der Waals surface area contributed by atoms with Gasteiger partial charge in [-0.15, -0.1) is 0 Å². The van der Waals surface area contributed by atoms with E-state index in [1.807, 2.05) is 0 Å².